The van der Waals surface area contributed by atoms with Crippen LogP contribution in [0.2, 0.25) is 0 Å². The van der Waals surface area contributed by atoms with Crippen LogP contribution < -0.4 is 10.1 Å². The van der Waals surface area contributed by atoms with Gasteiger partial charge in [0.2, 0.25) is 0 Å². The lowest BCUT2D eigenvalue weighted by atomic mass is 10.0. The van der Waals surface area contributed by atoms with E-state index < -0.39 is 12.0 Å². The van der Waals surface area contributed by atoms with Gasteiger partial charge >= 0.3 is 12.0 Å². The Bertz CT molecular complexity index is 1260. The Morgan fingerprint density at radius 1 is 1.22 bits per heavy atom. The van der Waals surface area contributed by atoms with Crippen LogP contribution in [-0.2, 0) is 30.6 Å². The van der Waals surface area contributed by atoms with Crippen LogP contribution >= 0.6 is 0 Å². The van der Waals surface area contributed by atoms with E-state index in [2.05, 4.69) is 27.4 Å². The number of amides is 1. The fraction of sp³-hybridized carbons (Fsp3) is 0.423. The molecule has 0 saturated carbocycles. The number of carbonyl (C=O) groups excluding carboxylic acids is 1. The first-order chi connectivity index (χ1) is 17.5. The van der Waals surface area contributed by atoms with Crippen LogP contribution in [-0.4, -0.2) is 61.6 Å². The SMILES string of the molecule is COc1ncc(C(CC(=O)O)N2CCn3cc(CCCc4ccc5c(n4)NCCC5)cc3C2=O)cn1. The van der Waals surface area contributed by atoms with Gasteiger partial charge < -0.3 is 24.6 Å². The molecule has 1 atom stereocenters. The summed E-state index contributed by atoms with van der Waals surface area (Å²) in [4.78, 5) is 39.6. The number of carboxylic acid groups (broad SMARTS) is 1. The van der Waals surface area contributed by atoms with Crippen LogP contribution in [0.5, 0.6) is 6.01 Å². The number of aromatic nitrogens is 4. The number of hydrogen-bond donors (Lipinski definition) is 2. The number of carboxylic acids is 1. The minimum Gasteiger partial charge on any atom is -0.481 e. The zero-order valence-electron chi connectivity index (χ0n) is 20.3. The predicted octanol–water partition coefficient (Wildman–Crippen LogP) is 2.89. The van der Waals surface area contributed by atoms with Gasteiger partial charge in [-0.25, -0.2) is 15.0 Å². The number of anilines is 1. The number of ether oxygens (including phenoxy) is 1. The average molecular weight is 491 g/mol. The quantitative estimate of drug-likeness (QED) is 0.470. The number of pyridine rings is 1. The number of hydrogen-bond acceptors (Lipinski definition) is 7. The summed E-state index contributed by atoms with van der Waals surface area (Å²) in [7, 11) is 1.46. The minimum atomic E-state index is -0.990. The standard InChI is InChI=1S/C26H30N6O4/c1-36-26-28-14-19(15-29-26)21(13-23(33)34)32-11-10-31-16-17(12-22(31)25(32)35)4-2-6-20-8-7-18-5-3-9-27-24(18)30-20/h7-8,12,14-16,21H,2-6,9-11,13H2,1H3,(H,27,30)(H,33,34). The number of nitrogens with one attached hydrogen (secondary N) is 1. The van der Waals surface area contributed by atoms with Gasteiger partial charge in [0.15, 0.2) is 0 Å². The zero-order chi connectivity index (χ0) is 25.1. The number of aliphatic carboxylic acids is 1. The van der Waals surface area contributed by atoms with Crippen molar-refractivity contribution in [2.75, 3.05) is 25.5 Å². The molecule has 3 aromatic heterocycles. The van der Waals surface area contributed by atoms with Crippen LogP contribution in [0, 0.1) is 0 Å². The number of methoxy groups -OCH3 is 1. The van der Waals surface area contributed by atoms with Crippen molar-refractivity contribution in [2.45, 2.75) is 51.1 Å². The second-order valence-electron chi connectivity index (χ2n) is 9.24. The maximum Gasteiger partial charge on any atom is 0.316 e. The third-order valence-corrected chi connectivity index (χ3v) is 6.82. The van der Waals surface area contributed by atoms with Crippen molar-refractivity contribution in [1.82, 2.24) is 24.4 Å². The molecule has 0 bridgehead atoms. The highest BCUT2D eigenvalue weighted by Crippen LogP contribution is 2.29. The second-order valence-corrected chi connectivity index (χ2v) is 9.24. The van der Waals surface area contributed by atoms with E-state index in [4.69, 9.17) is 9.72 Å². The molecule has 0 radical (unpaired) electrons. The van der Waals surface area contributed by atoms with Gasteiger partial charge in [0.1, 0.15) is 11.5 Å². The van der Waals surface area contributed by atoms with E-state index >= 15 is 0 Å². The fourth-order valence-corrected chi connectivity index (χ4v) is 4.99. The summed E-state index contributed by atoms with van der Waals surface area (Å²) in [6.07, 6.45) is 9.72. The van der Waals surface area contributed by atoms with Crippen LogP contribution in [0.4, 0.5) is 5.82 Å². The van der Waals surface area contributed by atoms with Crippen LogP contribution in [0.3, 0.4) is 0 Å². The molecule has 0 fully saturated rings. The summed E-state index contributed by atoms with van der Waals surface area (Å²) in [6, 6.07) is 5.76. The lowest BCUT2D eigenvalue weighted by Gasteiger charge is -2.34. The molecule has 0 saturated heterocycles. The number of nitrogens with zero attached hydrogens (tertiary/aromatic N) is 5. The van der Waals surface area contributed by atoms with E-state index in [1.54, 1.807) is 4.90 Å². The van der Waals surface area contributed by atoms with Crippen molar-refractivity contribution in [2.24, 2.45) is 0 Å². The molecule has 1 unspecified atom stereocenters. The van der Waals surface area contributed by atoms with Crippen LogP contribution in [0.1, 0.15) is 58.2 Å². The fourth-order valence-electron chi connectivity index (χ4n) is 4.99. The highest BCUT2D eigenvalue weighted by atomic mass is 16.5. The average Bonchev–Trinajstić information content (AvgIpc) is 3.32. The molecule has 1 amide bonds. The first kappa shape index (κ1) is 23.8. The molecule has 2 N–H and O–H groups in total. The maximum atomic E-state index is 13.4. The molecule has 5 rings (SSSR count). The lowest BCUT2D eigenvalue weighted by Crippen LogP contribution is -2.43. The molecule has 10 nitrogen and oxygen atoms in total. The minimum absolute atomic E-state index is 0.183. The Morgan fingerprint density at radius 3 is 2.83 bits per heavy atom. The Hall–Kier alpha value is -3.95. The van der Waals surface area contributed by atoms with E-state index in [1.165, 1.54) is 25.1 Å². The van der Waals surface area contributed by atoms with Gasteiger partial charge in [0, 0.05) is 49.5 Å². The number of carbonyl (C=O) groups is 2. The van der Waals surface area contributed by atoms with E-state index in [9.17, 15) is 14.7 Å². The van der Waals surface area contributed by atoms with E-state index in [1.807, 2.05) is 16.8 Å². The van der Waals surface area contributed by atoms with Crippen LogP contribution in [0.25, 0.3) is 0 Å². The topological polar surface area (TPSA) is 122 Å². The summed E-state index contributed by atoms with van der Waals surface area (Å²) in [5, 5.41) is 12.9. The molecule has 188 valence electrons. The van der Waals surface area contributed by atoms with Gasteiger partial charge in [-0.05, 0) is 55.4 Å². The second kappa shape index (κ2) is 10.3. The molecule has 5 heterocycles. The van der Waals surface area contributed by atoms with Crippen molar-refractivity contribution in [1.29, 1.82) is 0 Å². The van der Waals surface area contributed by atoms with E-state index in [-0.39, 0.29) is 18.3 Å². The van der Waals surface area contributed by atoms with Crippen molar-refractivity contribution in [3.05, 3.63) is 64.9 Å². The van der Waals surface area contributed by atoms with Gasteiger partial charge in [-0.15, -0.1) is 0 Å². The Morgan fingerprint density at radius 2 is 2.06 bits per heavy atom. The summed E-state index contributed by atoms with van der Waals surface area (Å²) in [6.45, 7) is 1.99. The van der Waals surface area contributed by atoms with E-state index in [0.717, 1.165) is 55.7 Å². The summed E-state index contributed by atoms with van der Waals surface area (Å²) >= 11 is 0. The molecular formula is C26H30N6O4. The molecular weight excluding hydrogens is 460 g/mol. The molecule has 2 aliphatic rings. The van der Waals surface area contributed by atoms with Crippen molar-refractivity contribution in [3.8, 4) is 6.01 Å². The summed E-state index contributed by atoms with van der Waals surface area (Å²) in [5.74, 6) is -0.157. The monoisotopic (exact) mass is 490 g/mol. The first-order valence-electron chi connectivity index (χ1n) is 12.3. The molecule has 10 heteroatoms. The number of rotatable bonds is 9. The zero-order valence-corrected chi connectivity index (χ0v) is 20.3. The maximum absolute atomic E-state index is 13.4. The lowest BCUT2D eigenvalue weighted by molar-refractivity contribution is -0.138. The summed E-state index contributed by atoms with van der Waals surface area (Å²) in [5.41, 5.74) is 4.61. The smallest absolute Gasteiger partial charge is 0.316 e. The first-order valence-corrected chi connectivity index (χ1v) is 12.3. The van der Waals surface area contributed by atoms with Gasteiger partial charge in [0.05, 0.1) is 19.6 Å². The Balaban J connectivity index is 1.26. The molecule has 3 aromatic rings. The molecule has 0 aromatic carbocycles. The largest absolute Gasteiger partial charge is 0.481 e. The van der Waals surface area contributed by atoms with Crippen molar-refractivity contribution < 1.29 is 19.4 Å². The third-order valence-electron chi connectivity index (χ3n) is 6.82. The number of fused-ring (bicyclic) bond motifs is 2. The van der Waals surface area contributed by atoms with Gasteiger partial charge in [-0.2, -0.15) is 0 Å². The Kier molecular flexibility index (Phi) is 6.84. The predicted molar refractivity (Wildman–Crippen MR) is 132 cm³/mol. The Labute approximate surface area is 209 Å². The molecule has 0 spiro atoms. The highest BCUT2D eigenvalue weighted by molar-refractivity contribution is 5.94. The number of aryl methyl sites for hydroxylation is 3. The van der Waals surface area contributed by atoms with Crippen molar-refractivity contribution >= 4 is 17.7 Å². The van der Waals surface area contributed by atoms with Crippen LogP contribution in [0.15, 0.2) is 36.8 Å². The molecule has 0 aliphatic carbocycles. The molecule has 2 aliphatic heterocycles. The molecule has 36 heavy (non-hydrogen) atoms. The van der Waals surface area contributed by atoms with Crippen molar-refractivity contribution in [3.63, 3.8) is 0 Å². The van der Waals surface area contributed by atoms with Gasteiger partial charge in [-0.3, -0.25) is 9.59 Å². The van der Waals surface area contributed by atoms with E-state index in [0.29, 0.717) is 24.3 Å². The summed E-state index contributed by atoms with van der Waals surface area (Å²) < 4.78 is 6.97. The van der Waals surface area contributed by atoms with Gasteiger partial charge in [0.25, 0.3) is 5.91 Å². The highest BCUT2D eigenvalue weighted by Gasteiger charge is 2.33. The normalized spacial score (nSPS) is 15.6. The third kappa shape index (κ3) is 5.02. The van der Waals surface area contributed by atoms with Gasteiger partial charge in [-0.1, -0.05) is 6.07 Å².